The monoisotopic (exact) mass is 313 g/mol. The Bertz CT molecular complexity index is 580. The summed E-state index contributed by atoms with van der Waals surface area (Å²) in [5, 5.41) is 0. The van der Waals surface area contributed by atoms with Gasteiger partial charge in [-0.1, -0.05) is 0 Å². The number of rotatable bonds is 3. The zero-order valence-corrected chi connectivity index (χ0v) is 10.6. The Labute approximate surface area is 110 Å². The van der Waals surface area contributed by atoms with Gasteiger partial charge in [-0.3, -0.25) is 0 Å². The third kappa shape index (κ3) is 2.84. The van der Waals surface area contributed by atoms with Crippen LogP contribution < -0.4 is 21.7 Å². The van der Waals surface area contributed by atoms with Crippen LogP contribution in [0.5, 0.6) is 11.6 Å². The molecule has 0 atom stereocenters. The molecule has 0 amide bonds. The lowest BCUT2D eigenvalue weighted by molar-refractivity contribution is 0.457. The molecule has 2 aromatic rings. The number of nitrogen functional groups attached to an aromatic ring is 2. The molecule has 0 fully saturated rings. The highest BCUT2D eigenvalue weighted by molar-refractivity contribution is 9.10. The van der Waals surface area contributed by atoms with Crippen molar-refractivity contribution >= 4 is 27.7 Å². The maximum atomic E-state index is 13.3. The molecule has 5 N–H and O–H groups in total. The number of nitrogens with zero attached hydrogens (tertiary/aromatic N) is 2. The van der Waals surface area contributed by atoms with Gasteiger partial charge in [-0.05, 0) is 28.1 Å². The minimum Gasteiger partial charge on any atom is -0.439 e. The van der Waals surface area contributed by atoms with Crippen molar-refractivity contribution in [2.24, 2.45) is 5.84 Å². The van der Waals surface area contributed by atoms with Gasteiger partial charge in [-0.25, -0.2) is 10.2 Å². The van der Waals surface area contributed by atoms with Crippen molar-refractivity contribution in [3.63, 3.8) is 0 Å². The standard InChI is InChI=1S/C10H9BrFN5O/c11-6-2-1-5(3-7(6)12)18-9-4-8(17-14)15-10(13)16-9/h1-4H,14H2,(H3,13,15,16,17). The first-order valence-corrected chi connectivity index (χ1v) is 5.62. The zero-order valence-electron chi connectivity index (χ0n) is 9.02. The lowest BCUT2D eigenvalue weighted by Gasteiger charge is -2.07. The zero-order chi connectivity index (χ0) is 13.1. The van der Waals surface area contributed by atoms with Crippen molar-refractivity contribution in [2.45, 2.75) is 0 Å². The van der Waals surface area contributed by atoms with Crippen molar-refractivity contribution < 1.29 is 9.13 Å². The van der Waals surface area contributed by atoms with E-state index in [1.807, 2.05) is 0 Å². The summed E-state index contributed by atoms with van der Waals surface area (Å²) in [6.07, 6.45) is 0. The molecule has 1 aromatic heterocycles. The van der Waals surface area contributed by atoms with E-state index in [1.165, 1.54) is 18.2 Å². The van der Waals surface area contributed by atoms with Crippen LogP contribution in [-0.4, -0.2) is 9.97 Å². The van der Waals surface area contributed by atoms with Crippen LogP contribution in [0.3, 0.4) is 0 Å². The second-order valence-corrected chi connectivity index (χ2v) is 4.13. The second-order valence-electron chi connectivity index (χ2n) is 3.27. The van der Waals surface area contributed by atoms with E-state index in [0.717, 1.165) is 0 Å². The highest BCUT2D eigenvalue weighted by Gasteiger charge is 2.06. The Morgan fingerprint density at radius 3 is 2.72 bits per heavy atom. The minimum atomic E-state index is -0.438. The maximum absolute atomic E-state index is 13.3. The second kappa shape index (κ2) is 5.15. The lowest BCUT2D eigenvalue weighted by atomic mass is 10.3. The van der Waals surface area contributed by atoms with Gasteiger partial charge in [-0.2, -0.15) is 9.97 Å². The first-order chi connectivity index (χ1) is 8.58. The van der Waals surface area contributed by atoms with Gasteiger partial charge in [-0.15, -0.1) is 0 Å². The average molecular weight is 314 g/mol. The number of nitrogens with one attached hydrogen (secondary N) is 1. The van der Waals surface area contributed by atoms with Crippen molar-refractivity contribution in [1.82, 2.24) is 9.97 Å². The number of halogens is 2. The summed E-state index contributed by atoms with van der Waals surface area (Å²) < 4.78 is 19.0. The summed E-state index contributed by atoms with van der Waals surface area (Å²) in [6.45, 7) is 0. The van der Waals surface area contributed by atoms with Gasteiger partial charge < -0.3 is 15.9 Å². The number of hydrogen-bond donors (Lipinski definition) is 3. The van der Waals surface area contributed by atoms with Gasteiger partial charge in [0.1, 0.15) is 17.4 Å². The molecule has 0 unspecified atom stereocenters. The predicted octanol–water partition coefficient (Wildman–Crippen LogP) is 2.04. The van der Waals surface area contributed by atoms with Crippen LogP contribution in [0.15, 0.2) is 28.7 Å². The normalized spacial score (nSPS) is 10.2. The van der Waals surface area contributed by atoms with E-state index in [9.17, 15) is 4.39 Å². The fourth-order valence-corrected chi connectivity index (χ4v) is 1.48. The van der Waals surface area contributed by atoms with Gasteiger partial charge >= 0.3 is 0 Å². The third-order valence-electron chi connectivity index (χ3n) is 1.98. The quantitative estimate of drug-likeness (QED) is 0.592. The molecule has 0 bridgehead atoms. The van der Waals surface area contributed by atoms with Crippen LogP contribution in [0.2, 0.25) is 0 Å². The molecule has 18 heavy (non-hydrogen) atoms. The lowest BCUT2D eigenvalue weighted by Crippen LogP contribution is -2.10. The van der Waals surface area contributed by atoms with Crippen molar-refractivity contribution in [3.8, 4) is 11.6 Å². The molecule has 1 aromatic carbocycles. The number of hydrazine groups is 1. The molecule has 1 heterocycles. The SMILES string of the molecule is NNc1cc(Oc2ccc(Br)c(F)c2)nc(N)n1. The molecular weight excluding hydrogens is 305 g/mol. The Hall–Kier alpha value is -1.93. The van der Waals surface area contributed by atoms with Gasteiger partial charge in [0.2, 0.25) is 11.8 Å². The molecule has 0 aliphatic carbocycles. The van der Waals surface area contributed by atoms with E-state index in [1.54, 1.807) is 6.07 Å². The number of ether oxygens (including phenoxy) is 1. The van der Waals surface area contributed by atoms with Gasteiger partial charge in [0.05, 0.1) is 4.47 Å². The molecule has 8 heteroatoms. The van der Waals surface area contributed by atoms with Gasteiger partial charge in [0, 0.05) is 12.1 Å². The highest BCUT2D eigenvalue weighted by atomic mass is 79.9. The van der Waals surface area contributed by atoms with Gasteiger partial charge in [0.25, 0.3) is 0 Å². The highest BCUT2D eigenvalue weighted by Crippen LogP contribution is 2.25. The van der Waals surface area contributed by atoms with Crippen LogP contribution in [0.4, 0.5) is 16.2 Å². The van der Waals surface area contributed by atoms with Crippen LogP contribution in [-0.2, 0) is 0 Å². The van der Waals surface area contributed by atoms with Gasteiger partial charge in [0.15, 0.2) is 0 Å². The van der Waals surface area contributed by atoms with Crippen LogP contribution in [0, 0.1) is 5.82 Å². The molecule has 0 radical (unpaired) electrons. The Morgan fingerprint density at radius 1 is 1.28 bits per heavy atom. The van der Waals surface area contributed by atoms with E-state index in [4.69, 9.17) is 16.3 Å². The molecule has 0 saturated carbocycles. The topological polar surface area (TPSA) is 99.1 Å². The van der Waals surface area contributed by atoms with E-state index >= 15 is 0 Å². The number of hydrogen-bond acceptors (Lipinski definition) is 6. The molecule has 0 spiro atoms. The number of anilines is 2. The first kappa shape index (κ1) is 12.5. The van der Waals surface area contributed by atoms with Crippen molar-refractivity contribution in [1.29, 1.82) is 0 Å². The smallest absolute Gasteiger partial charge is 0.226 e. The molecule has 0 aliphatic rings. The number of benzene rings is 1. The molecule has 2 rings (SSSR count). The third-order valence-corrected chi connectivity index (χ3v) is 2.62. The minimum absolute atomic E-state index is 0.00182. The maximum Gasteiger partial charge on any atom is 0.226 e. The number of nitrogens with two attached hydrogens (primary N) is 2. The largest absolute Gasteiger partial charge is 0.439 e. The average Bonchev–Trinajstić information content (AvgIpc) is 2.33. The summed E-state index contributed by atoms with van der Waals surface area (Å²) >= 11 is 3.05. The van der Waals surface area contributed by atoms with Crippen LogP contribution in [0.25, 0.3) is 0 Å². The molecule has 0 aliphatic heterocycles. The molecular formula is C10H9BrFN5O. The van der Waals surface area contributed by atoms with Crippen molar-refractivity contribution in [3.05, 3.63) is 34.6 Å². The first-order valence-electron chi connectivity index (χ1n) is 4.82. The summed E-state index contributed by atoms with van der Waals surface area (Å²) in [7, 11) is 0. The fraction of sp³-hybridized carbons (Fsp3) is 0. The van der Waals surface area contributed by atoms with Crippen molar-refractivity contribution in [2.75, 3.05) is 11.2 Å². The van der Waals surface area contributed by atoms with E-state index < -0.39 is 5.82 Å². The van der Waals surface area contributed by atoms with Crippen LogP contribution in [0.1, 0.15) is 0 Å². The summed E-state index contributed by atoms with van der Waals surface area (Å²) in [6, 6.07) is 5.77. The Kier molecular flexibility index (Phi) is 3.58. The van der Waals surface area contributed by atoms with E-state index in [2.05, 4.69) is 31.3 Å². The molecule has 0 saturated heterocycles. The summed E-state index contributed by atoms with van der Waals surface area (Å²) in [4.78, 5) is 7.64. The van der Waals surface area contributed by atoms with E-state index in [-0.39, 0.29) is 17.6 Å². The molecule has 94 valence electrons. The number of aromatic nitrogens is 2. The Balaban J connectivity index is 2.27. The van der Waals surface area contributed by atoms with Crippen LogP contribution >= 0.6 is 15.9 Å². The fourth-order valence-electron chi connectivity index (χ4n) is 1.23. The molecule has 6 nitrogen and oxygen atoms in total. The summed E-state index contributed by atoms with van der Waals surface area (Å²) in [5.41, 5.74) is 7.79. The predicted molar refractivity (Wildman–Crippen MR) is 68.4 cm³/mol. The summed E-state index contributed by atoms with van der Waals surface area (Å²) in [5.74, 6) is 5.52. The Morgan fingerprint density at radius 2 is 2.06 bits per heavy atom. The van der Waals surface area contributed by atoms with E-state index in [0.29, 0.717) is 10.3 Å².